The number of anilines is 1. The summed E-state index contributed by atoms with van der Waals surface area (Å²) in [4.78, 5) is 24.4. The van der Waals surface area contributed by atoms with Gasteiger partial charge in [-0.3, -0.25) is 4.79 Å². The zero-order valence-electron chi connectivity index (χ0n) is 13.7. The van der Waals surface area contributed by atoms with Gasteiger partial charge in [-0.2, -0.15) is 0 Å². The molecule has 1 amide bonds. The van der Waals surface area contributed by atoms with Crippen LogP contribution in [-0.4, -0.2) is 18.0 Å². The molecule has 0 saturated heterocycles. The number of furan rings is 1. The Labute approximate surface area is 143 Å². The van der Waals surface area contributed by atoms with Gasteiger partial charge in [-0.05, 0) is 32.0 Å². The van der Waals surface area contributed by atoms with Crippen LogP contribution in [0.25, 0.3) is 11.0 Å². The highest BCUT2D eigenvalue weighted by atomic mass is 19.1. The quantitative estimate of drug-likeness (QED) is 0.727. The van der Waals surface area contributed by atoms with Crippen molar-refractivity contribution in [3.05, 3.63) is 65.7 Å². The first kappa shape index (κ1) is 16.7. The van der Waals surface area contributed by atoms with E-state index in [9.17, 15) is 14.0 Å². The molecule has 0 bridgehead atoms. The van der Waals surface area contributed by atoms with Gasteiger partial charge in [0.1, 0.15) is 11.4 Å². The van der Waals surface area contributed by atoms with E-state index < -0.39 is 23.8 Å². The summed E-state index contributed by atoms with van der Waals surface area (Å²) in [5.41, 5.74) is 1.23. The fourth-order valence-electron chi connectivity index (χ4n) is 2.43. The molecule has 25 heavy (non-hydrogen) atoms. The molecule has 0 aliphatic carbocycles. The van der Waals surface area contributed by atoms with Crippen LogP contribution in [-0.2, 0) is 9.53 Å². The maximum absolute atomic E-state index is 13.6. The highest BCUT2D eigenvalue weighted by Gasteiger charge is 2.24. The highest BCUT2D eigenvalue weighted by molar-refractivity contribution is 5.99. The zero-order valence-corrected chi connectivity index (χ0v) is 13.7. The molecule has 2 aromatic carbocycles. The van der Waals surface area contributed by atoms with Gasteiger partial charge < -0.3 is 14.5 Å². The molecule has 0 spiro atoms. The Hall–Kier alpha value is -3.15. The normalized spacial score (nSPS) is 12.0. The molecule has 3 aromatic rings. The van der Waals surface area contributed by atoms with Crippen LogP contribution < -0.4 is 5.32 Å². The summed E-state index contributed by atoms with van der Waals surface area (Å²) in [6.07, 6.45) is -1.11. The molecule has 0 unspecified atom stereocenters. The minimum Gasteiger partial charge on any atom is -0.449 e. The third-order valence-electron chi connectivity index (χ3n) is 3.81. The first-order valence-electron chi connectivity index (χ1n) is 7.72. The Balaban J connectivity index is 1.72. The molecule has 1 aromatic heterocycles. The number of esters is 1. The number of aryl methyl sites for hydroxylation is 1. The van der Waals surface area contributed by atoms with Gasteiger partial charge in [-0.15, -0.1) is 0 Å². The number of carbonyl (C=O) groups is 2. The molecular formula is C19H16FNO4. The van der Waals surface area contributed by atoms with Crippen LogP contribution in [0.1, 0.15) is 23.0 Å². The third kappa shape index (κ3) is 3.38. The number of para-hydroxylation sites is 2. The molecule has 0 aliphatic heterocycles. The second-order valence-electron chi connectivity index (χ2n) is 5.57. The molecule has 128 valence electrons. The van der Waals surface area contributed by atoms with Gasteiger partial charge in [0.2, 0.25) is 5.76 Å². The molecular weight excluding hydrogens is 325 g/mol. The van der Waals surface area contributed by atoms with Crippen LogP contribution in [0.2, 0.25) is 0 Å². The average molecular weight is 341 g/mol. The van der Waals surface area contributed by atoms with E-state index in [0.717, 1.165) is 5.39 Å². The lowest BCUT2D eigenvalue weighted by Crippen LogP contribution is -2.30. The minimum absolute atomic E-state index is 0.0234. The van der Waals surface area contributed by atoms with Crippen molar-refractivity contribution < 1.29 is 23.1 Å². The summed E-state index contributed by atoms with van der Waals surface area (Å²) in [5.74, 6) is -1.90. The predicted octanol–water partition coefficient (Wildman–Crippen LogP) is 4.06. The first-order valence-corrected chi connectivity index (χ1v) is 7.72. The van der Waals surface area contributed by atoms with Gasteiger partial charge in [-0.25, -0.2) is 9.18 Å². The molecule has 1 heterocycles. The lowest BCUT2D eigenvalue weighted by molar-refractivity contribution is -0.123. The molecule has 6 heteroatoms. The van der Waals surface area contributed by atoms with E-state index in [0.29, 0.717) is 11.1 Å². The van der Waals surface area contributed by atoms with Crippen LogP contribution in [0.4, 0.5) is 10.1 Å². The van der Waals surface area contributed by atoms with Gasteiger partial charge in [0.05, 0.1) is 5.69 Å². The van der Waals surface area contributed by atoms with Gasteiger partial charge in [0, 0.05) is 10.9 Å². The summed E-state index contributed by atoms with van der Waals surface area (Å²) in [7, 11) is 0. The SMILES string of the molecule is Cc1c(C(=O)O[C@@H](C)C(=O)Nc2ccccc2F)oc2ccccc12. The van der Waals surface area contributed by atoms with Crippen molar-refractivity contribution in [1.82, 2.24) is 0 Å². The van der Waals surface area contributed by atoms with Crippen molar-refractivity contribution in [2.45, 2.75) is 20.0 Å². The van der Waals surface area contributed by atoms with Gasteiger partial charge >= 0.3 is 5.97 Å². The Morgan fingerprint density at radius 1 is 1.12 bits per heavy atom. The molecule has 0 radical (unpaired) electrons. The van der Waals surface area contributed by atoms with Crippen LogP contribution >= 0.6 is 0 Å². The molecule has 1 atom stereocenters. The topological polar surface area (TPSA) is 68.5 Å². The fraction of sp³-hybridized carbons (Fsp3) is 0.158. The number of fused-ring (bicyclic) bond motifs is 1. The summed E-state index contributed by atoms with van der Waals surface area (Å²) >= 11 is 0. The van der Waals surface area contributed by atoms with E-state index in [1.165, 1.54) is 25.1 Å². The van der Waals surface area contributed by atoms with E-state index in [-0.39, 0.29) is 11.4 Å². The maximum atomic E-state index is 13.6. The standard InChI is InChI=1S/C19H16FNO4/c1-11-13-7-3-6-10-16(13)25-17(11)19(23)24-12(2)18(22)21-15-9-5-4-8-14(15)20/h3-10,12H,1-2H3,(H,21,22)/t12-/m0/s1. The summed E-state index contributed by atoms with van der Waals surface area (Å²) in [6.45, 7) is 3.15. The van der Waals surface area contributed by atoms with E-state index in [1.54, 1.807) is 25.1 Å². The third-order valence-corrected chi connectivity index (χ3v) is 3.81. The molecule has 0 fully saturated rings. The van der Waals surface area contributed by atoms with E-state index in [4.69, 9.17) is 9.15 Å². The first-order chi connectivity index (χ1) is 12.0. The number of rotatable bonds is 4. The Morgan fingerprint density at radius 2 is 1.80 bits per heavy atom. The minimum atomic E-state index is -1.11. The molecule has 0 aliphatic rings. The summed E-state index contributed by atoms with van der Waals surface area (Å²) < 4.78 is 24.2. The van der Waals surface area contributed by atoms with Crippen LogP contribution in [0.15, 0.2) is 52.9 Å². The maximum Gasteiger partial charge on any atom is 0.375 e. The van der Waals surface area contributed by atoms with E-state index in [1.807, 2.05) is 12.1 Å². The van der Waals surface area contributed by atoms with Crippen molar-refractivity contribution in [3.63, 3.8) is 0 Å². The largest absolute Gasteiger partial charge is 0.449 e. The number of ether oxygens (including phenoxy) is 1. The van der Waals surface area contributed by atoms with Crippen molar-refractivity contribution >= 4 is 28.5 Å². The van der Waals surface area contributed by atoms with Gasteiger partial charge in [0.15, 0.2) is 6.10 Å². The number of carbonyl (C=O) groups excluding carboxylic acids is 2. The lowest BCUT2D eigenvalue weighted by Gasteiger charge is -2.13. The number of hydrogen-bond donors (Lipinski definition) is 1. The average Bonchev–Trinajstić information content (AvgIpc) is 2.94. The van der Waals surface area contributed by atoms with Crippen LogP contribution in [0.5, 0.6) is 0 Å². The van der Waals surface area contributed by atoms with Crippen molar-refractivity contribution in [2.24, 2.45) is 0 Å². The zero-order chi connectivity index (χ0) is 18.0. The molecule has 1 N–H and O–H groups in total. The molecule has 3 rings (SSSR count). The van der Waals surface area contributed by atoms with Crippen molar-refractivity contribution in [2.75, 3.05) is 5.32 Å². The smallest absolute Gasteiger partial charge is 0.375 e. The monoisotopic (exact) mass is 341 g/mol. The van der Waals surface area contributed by atoms with Crippen LogP contribution in [0, 0.1) is 12.7 Å². The summed E-state index contributed by atoms with van der Waals surface area (Å²) in [6, 6.07) is 13.0. The number of halogens is 1. The molecule has 0 saturated carbocycles. The number of benzene rings is 2. The van der Waals surface area contributed by atoms with E-state index >= 15 is 0 Å². The van der Waals surface area contributed by atoms with Crippen LogP contribution in [0.3, 0.4) is 0 Å². The molecule has 5 nitrogen and oxygen atoms in total. The lowest BCUT2D eigenvalue weighted by atomic mass is 10.1. The summed E-state index contributed by atoms with van der Waals surface area (Å²) in [5, 5.41) is 3.19. The predicted molar refractivity (Wildman–Crippen MR) is 90.9 cm³/mol. The number of amides is 1. The Bertz CT molecular complexity index is 948. The van der Waals surface area contributed by atoms with Crippen molar-refractivity contribution in [1.29, 1.82) is 0 Å². The number of nitrogens with one attached hydrogen (secondary N) is 1. The van der Waals surface area contributed by atoms with Crippen molar-refractivity contribution in [3.8, 4) is 0 Å². The second kappa shape index (κ2) is 6.76. The van der Waals surface area contributed by atoms with E-state index in [2.05, 4.69) is 5.32 Å². The highest BCUT2D eigenvalue weighted by Crippen LogP contribution is 2.25. The van der Waals surface area contributed by atoms with Gasteiger partial charge in [-0.1, -0.05) is 30.3 Å². The Kier molecular flexibility index (Phi) is 4.52. The fourth-order valence-corrected chi connectivity index (χ4v) is 2.43. The Morgan fingerprint density at radius 3 is 2.52 bits per heavy atom. The number of hydrogen-bond acceptors (Lipinski definition) is 4. The van der Waals surface area contributed by atoms with Gasteiger partial charge in [0.25, 0.3) is 5.91 Å². The second-order valence-corrected chi connectivity index (χ2v) is 5.57.